The summed E-state index contributed by atoms with van der Waals surface area (Å²) in [5.74, 6) is -1.21. The molecule has 1 aliphatic heterocycles. The van der Waals surface area contributed by atoms with Crippen molar-refractivity contribution >= 4 is 24.2 Å². The molecule has 1 aliphatic rings. The number of carboxylic acid groups (broad SMARTS) is 1. The highest BCUT2D eigenvalue weighted by atomic mass is 16.4. The highest BCUT2D eigenvalue weighted by molar-refractivity contribution is 5.97. The van der Waals surface area contributed by atoms with Crippen LogP contribution in [-0.2, 0) is 4.79 Å². The zero-order chi connectivity index (χ0) is 19.2. The van der Waals surface area contributed by atoms with Crippen molar-refractivity contribution in [3.63, 3.8) is 0 Å². The van der Waals surface area contributed by atoms with Crippen molar-refractivity contribution < 1.29 is 19.5 Å². The maximum absolute atomic E-state index is 12.4. The number of amides is 4. The number of carbonyl (C=O) groups is 3. The molecule has 3 rings (SSSR count). The molecule has 1 atom stereocenters. The second-order valence-electron chi connectivity index (χ2n) is 5.84. The van der Waals surface area contributed by atoms with Gasteiger partial charge < -0.3 is 10.4 Å². The van der Waals surface area contributed by atoms with Crippen molar-refractivity contribution in [1.29, 1.82) is 0 Å². The van der Waals surface area contributed by atoms with E-state index in [9.17, 15) is 19.5 Å². The van der Waals surface area contributed by atoms with Crippen LogP contribution in [-0.4, -0.2) is 52.4 Å². The number of carbonyl (C=O) groups excluding carboxylic acids is 2. The quantitative estimate of drug-likeness (QED) is 0.793. The molecule has 0 unspecified atom stereocenters. The number of urea groups is 2. The Morgan fingerprint density at radius 3 is 2.30 bits per heavy atom. The molecule has 2 aromatic rings. The fourth-order valence-electron chi connectivity index (χ4n) is 2.63. The average molecular weight is 366 g/mol. The standard InChI is InChI=1S/C19H18N4O4/c24-17(25)16(15-9-5-2-6-10-15)21-18(26)22-11-12-23(19(22)27)20-13-14-7-3-1-4-8-14/h1-10,13,16H,11-12H2,(H,21,26)(H,24,25)/t16-/m1/s1. The Hall–Kier alpha value is -3.68. The van der Waals surface area contributed by atoms with Gasteiger partial charge in [-0.3, -0.25) is 0 Å². The predicted molar refractivity (Wildman–Crippen MR) is 98.2 cm³/mol. The van der Waals surface area contributed by atoms with E-state index in [0.29, 0.717) is 5.56 Å². The summed E-state index contributed by atoms with van der Waals surface area (Å²) in [4.78, 5) is 37.3. The molecule has 1 fully saturated rings. The molecule has 1 heterocycles. The maximum atomic E-state index is 12.4. The maximum Gasteiger partial charge on any atom is 0.348 e. The van der Waals surface area contributed by atoms with Gasteiger partial charge in [-0.1, -0.05) is 60.7 Å². The Morgan fingerprint density at radius 1 is 1.04 bits per heavy atom. The molecule has 0 aromatic heterocycles. The fourth-order valence-corrected chi connectivity index (χ4v) is 2.63. The van der Waals surface area contributed by atoms with Crippen LogP contribution in [0.4, 0.5) is 9.59 Å². The summed E-state index contributed by atoms with van der Waals surface area (Å²) in [7, 11) is 0. The van der Waals surface area contributed by atoms with Crippen molar-refractivity contribution in [2.24, 2.45) is 5.10 Å². The summed E-state index contributed by atoms with van der Waals surface area (Å²) in [5.41, 5.74) is 1.24. The van der Waals surface area contributed by atoms with E-state index in [-0.39, 0.29) is 13.1 Å². The average Bonchev–Trinajstić information content (AvgIpc) is 3.06. The van der Waals surface area contributed by atoms with Gasteiger partial charge in [0.25, 0.3) is 0 Å². The number of aliphatic carboxylic acids is 1. The molecule has 8 heteroatoms. The van der Waals surface area contributed by atoms with Crippen LogP contribution in [0.1, 0.15) is 17.2 Å². The van der Waals surface area contributed by atoms with Crippen LogP contribution >= 0.6 is 0 Å². The molecule has 0 radical (unpaired) electrons. The normalized spacial score (nSPS) is 15.2. The zero-order valence-electron chi connectivity index (χ0n) is 14.4. The first-order valence-corrected chi connectivity index (χ1v) is 8.32. The Morgan fingerprint density at radius 2 is 1.67 bits per heavy atom. The molecular weight excluding hydrogens is 348 g/mol. The molecule has 2 N–H and O–H groups in total. The fraction of sp³-hybridized carbons (Fsp3) is 0.158. The Balaban J connectivity index is 1.66. The monoisotopic (exact) mass is 366 g/mol. The van der Waals surface area contributed by atoms with Gasteiger partial charge in [-0.05, 0) is 11.1 Å². The number of hydrogen-bond donors (Lipinski definition) is 2. The van der Waals surface area contributed by atoms with E-state index in [1.54, 1.807) is 30.3 Å². The molecule has 4 amide bonds. The van der Waals surface area contributed by atoms with Crippen LogP contribution in [0.5, 0.6) is 0 Å². The molecule has 1 saturated heterocycles. The third-order valence-corrected chi connectivity index (χ3v) is 4.03. The predicted octanol–water partition coefficient (Wildman–Crippen LogP) is 2.29. The van der Waals surface area contributed by atoms with Gasteiger partial charge in [0.15, 0.2) is 6.04 Å². The number of hydrazone groups is 1. The Kier molecular flexibility index (Phi) is 5.46. The van der Waals surface area contributed by atoms with Gasteiger partial charge in [0.1, 0.15) is 0 Å². The van der Waals surface area contributed by atoms with Crippen molar-refractivity contribution in [2.45, 2.75) is 6.04 Å². The minimum absolute atomic E-state index is 0.123. The SMILES string of the molecule is O=C(O)[C@H](NC(=O)N1CCN(N=Cc2ccccc2)C1=O)c1ccccc1. The summed E-state index contributed by atoms with van der Waals surface area (Å²) in [6.07, 6.45) is 1.53. The summed E-state index contributed by atoms with van der Waals surface area (Å²) < 4.78 is 0. The first kappa shape index (κ1) is 18.1. The van der Waals surface area contributed by atoms with E-state index in [1.165, 1.54) is 11.2 Å². The van der Waals surface area contributed by atoms with E-state index in [2.05, 4.69) is 10.4 Å². The van der Waals surface area contributed by atoms with Crippen molar-refractivity contribution in [1.82, 2.24) is 15.2 Å². The van der Waals surface area contributed by atoms with Gasteiger partial charge in [-0.15, -0.1) is 0 Å². The summed E-state index contributed by atoms with van der Waals surface area (Å²) in [6.45, 7) is 0.358. The molecule has 2 aromatic carbocycles. The number of imide groups is 1. The van der Waals surface area contributed by atoms with Crippen LogP contribution < -0.4 is 5.32 Å². The molecule has 138 valence electrons. The lowest BCUT2D eigenvalue weighted by atomic mass is 10.1. The van der Waals surface area contributed by atoms with Crippen LogP contribution in [0.15, 0.2) is 65.8 Å². The van der Waals surface area contributed by atoms with Crippen LogP contribution in [0.3, 0.4) is 0 Å². The van der Waals surface area contributed by atoms with E-state index < -0.39 is 24.1 Å². The largest absolute Gasteiger partial charge is 0.479 e. The third-order valence-electron chi connectivity index (χ3n) is 4.03. The van der Waals surface area contributed by atoms with Gasteiger partial charge in [0.2, 0.25) is 0 Å². The lowest BCUT2D eigenvalue weighted by molar-refractivity contribution is -0.139. The zero-order valence-corrected chi connectivity index (χ0v) is 14.4. The third kappa shape index (κ3) is 4.30. The Labute approximate surface area is 155 Å². The van der Waals surface area contributed by atoms with Gasteiger partial charge in [-0.25, -0.2) is 24.3 Å². The van der Waals surface area contributed by atoms with Crippen LogP contribution in [0.2, 0.25) is 0 Å². The summed E-state index contributed by atoms with van der Waals surface area (Å²) >= 11 is 0. The number of hydrogen-bond acceptors (Lipinski definition) is 4. The van der Waals surface area contributed by atoms with Gasteiger partial charge in [-0.2, -0.15) is 5.10 Å². The number of nitrogens with one attached hydrogen (secondary N) is 1. The number of carboxylic acids is 1. The highest BCUT2D eigenvalue weighted by Crippen LogP contribution is 2.15. The molecule has 27 heavy (non-hydrogen) atoms. The number of benzene rings is 2. The van der Waals surface area contributed by atoms with Crippen LogP contribution in [0.25, 0.3) is 0 Å². The topological polar surface area (TPSA) is 102 Å². The molecule has 0 aliphatic carbocycles. The molecule has 0 spiro atoms. The smallest absolute Gasteiger partial charge is 0.348 e. The first-order chi connectivity index (χ1) is 13.1. The minimum atomic E-state index is -1.24. The molecule has 0 bridgehead atoms. The lowest BCUT2D eigenvalue weighted by Crippen LogP contribution is -2.45. The van der Waals surface area contributed by atoms with Crippen molar-refractivity contribution in [3.05, 3.63) is 71.8 Å². The van der Waals surface area contributed by atoms with Gasteiger partial charge >= 0.3 is 18.0 Å². The number of nitrogens with zero attached hydrogens (tertiary/aromatic N) is 3. The molecule has 0 saturated carbocycles. The molecular formula is C19H18N4O4. The van der Waals surface area contributed by atoms with E-state index >= 15 is 0 Å². The second kappa shape index (κ2) is 8.13. The van der Waals surface area contributed by atoms with Crippen LogP contribution in [0, 0.1) is 0 Å². The first-order valence-electron chi connectivity index (χ1n) is 8.32. The summed E-state index contributed by atoms with van der Waals surface area (Å²) in [5, 5.41) is 17.1. The van der Waals surface area contributed by atoms with Gasteiger partial charge in [0, 0.05) is 0 Å². The van der Waals surface area contributed by atoms with E-state index in [0.717, 1.165) is 10.5 Å². The number of rotatable bonds is 5. The van der Waals surface area contributed by atoms with E-state index in [1.807, 2.05) is 30.3 Å². The van der Waals surface area contributed by atoms with E-state index in [4.69, 9.17) is 0 Å². The summed E-state index contributed by atoms with van der Waals surface area (Å²) in [6, 6.07) is 14.9. The van der Waals surface area contributed by atoms with Crippen molar-refractivity contribution in [2.75, 3.05) is 13.1 Å². The highest BCUT2D eigenvalue weighted by Gasteiger charge is 2.35. The second-order valence-corrected chi connectivity index (χ2v) is 5.84. The molecule has 8 nitrogen and oxygen atoms in total. The Bertz CT molecular complexity index is 855. The lowest BCUT2D eigenvalue weighted by Gasteiger charge is -2.19. The van der Waals surface area contributed by atoms with Crippen molar-refractivity contribution in [3.8, 4) is 0 Å². The van der Waals surface area contributed by atoms with Gasteiger partial charge in [0.05, 0.1) is 19.3 Å². The minimum Gasteiger partial charge on any atom is -0.479 e.